The fraction of sp³-hybridized carbons (Fsp3) is 0.167. The van der Waals surface area contributed by atoms with Crippen LogP contribution in [0, 0.1) is 5.82 Å². The average molecular weight is 449 g/mol. The van der Waals surface area contributed by atoms with Gasteiger partial charge in [-0.2, -0.15) is 0 Å². The zero-order chi connectivity index (χ0) is 22.6. The van der Waals surface area contributed by atoms with Gasteiger partial charge in [0.2, 0.25) is 0 Å². The van der Waals surface area contributed by atoms with Crippen molar-refractivity contribution in [1.29, 1.82) is 0 Å². The van der Waals surface area contributed by atoms with Gasteiger partial charge in [0.1, 0.15) is 5.82 Å². The predicted molar refractivity (Wildman–Crippen MR) is 122 cm³/mol. The number of hydrogen-bond acceptors (Lipinski definition) is 4. The first-order valence-corrected chi connectivity index (χ1v) is 10.5. The van der Waals surface area contributed by atoms with Crippen LogP contribution < -0.4 is 0 Å². The standard InChI is InChI=1S/C24H18ClFN4O2/c1-12(2)22-20(18-11-28-23(25)21(29-18)24(31)32)17-7-13-9-27-10-14(13)8-19(17)30(22)16-5-3-15(26)4-6-16/h3-8,10-12H,9H2,1-2H3,(H,31,32). The van der Waals surface area contributed by atoms with Gasteiger partial charge in [-0.15, -0.1) is 0 Å². The molecule has 32 heavy (non-hydrogen) atoms. The first-order valence-electron chi connectivity index (χ1n) is 10.1. The van der Waals surface area contributed by atoms with E-state index in [2.05, 4.69) is 31.7 Å². The van der Waals surface area contributed by atoms with Crippen LogP contribution in [-0.4, -0.2) is 31.8 Å². The monoisotopic (exact) mass is 448 g/mol. The summed E-state index contributed by atoms with van der Waals surface area (Å²) < 4.78 is 15.7. The Morgan fingerprint density at radius 3 is 2.66 bits per heavy atom. The Balaban J connectivity index is 1.91. The van der Waals surface area contributed by atoms with Crippen molar-refractivity contribution in [2.45, 2.75) is 26.3 Å². The lowest BCUT2D eigenvalue weighted by atomic mass is 9.99. The highest BCUT2D eigenvalue weighted by Gasteiger charge is 2.26. The van der Waals surface area contributed by atoms with Crippen molar-refractivity contribution < 1.29 is 14.3 Å². The second kappa shape index (κ2) is 7.53. The van der Waals surface area contributed by atoms with Crippen LogP contribution in [0.25, 0.3) is 27.8 Å². The molecule has 0 bridgehead atoms. The lowest BCUT2D eigenvalue weighted by molar-refractivity contribution is 0.0690. The second-order valence-corrected chi connectivity index (χ2v) is 8.32. The van der Waals surface area contributed by atoms with Gasteiger partial charge in [-0.1, -0.05) is 25.4 Å². The molecule has 4 aromatic rings. The Hall–Kier alpha value is -3.58. The van der Waals surface area contributed by atoms with Gasteiger partial charge in [-0.05, 0) is 53.4 Å². The summed E-state index contributed by atoms with van der Waals surface area (Å²) in [5.41, 5.74) is 5.60. The number of nitrogens with zero attached hydrogens (tertiary/aromatic N) is 4. The van der Waals surface area contributed by atoms with Crippen LogP contribution >= 0.6 is 11.6 Å². The Bertz CT molecular complexity index is 1420. The number of benzene rings is 2. The average Bonchev–Trinajstić information content (AvgIpc) is 3.35. The molecule has 0 radical (unpaired) electrons. The van der Waals surface area contributed by atoms with E-state index < -0.39 is 5.97 Å². The maximum atomic E-state index is 13.7. The van der Waals surface area contributed by atoms with Crippen molar-refractivity contribution in [3.05, 3.63) is 76.1 Å². The zero-order valence-corrected chi connectivity index (χ0v) is 18.1. The van der Waals surface area contributed by atoms with Crippen LogP contribution in [0.1, 0.15) is 47.1 Å². The van der Waals surface area contributed by atoms with E-state index >= 15 is 0 Å². The molecule has 0 aliphatic carbocycles. The van der Waals surface area contributed by atoms with Crippen LogP contribution in [0.15, 0.2) is 47.6 Å². The van der Waals surface area contributed by atoms with Gasteiger partial charge in [0, 0.05) is 28.5 Å². The molecule has 160 valence electrons. The number of halogens is 2. The second-order valence-electron chi connectivity index (χ2n) is 7.96. The van der Waals surface area contributed by atoms with E-state index in [9.17, 15) is 14.3 Å². The van der Waals surface area contributed by atoms with Gasteiger partial charge in [0.05, 0.1) is 24.0 Å². The fourth-order valence-corrected chi connectivity index (χ4v) is 4.40. The number of rotatable bonds is 4. The van der Waals surface area contributed by atoms with Crippen LogP contribution in [0.5, 0.6) is 0 Å². The molecule has 1 N–H and O–H groups in total. The highest BCUT2D eigenvalue weighted by Crippen LogP contribution is 2.41. The molecule has 0 amide bonds. The van der Waals surface area contributed by atoms with Crippen molar-refractivity contribution in [1.82, 2.24) is 14.5 Å². The SMILES string of the molecule is CC(C)c1c(-c2cnc(Cl)c(C(=O)O)n2)c2cc3c(cc2n1-c1ccc(F)cc1)C=NC3. The first kappa shape index (κ1) is 20.3. The molecule has 3 heterocycles. The Morgan fingerprint density at radius 1 is 1.22 bits per heavy atom. The minimum atomic E-state index is -1.24. The molecule has 0 saturated carbocycles. The van der Waals surface area contributed by atoms with Crippen molar-refractivity contribution in [2.24, 2.45) is 4.99 Å². The highest BCUT2D eigenvalue weighted by atomic mass is 35.5. The van der Waals surface area contributed by atoms with E-state index in [1.165, 1.54) is 18.3 Å². The molecule has 2 aromatic heterocycles. The zero-order valence-electron chi connectivity index (χ0n) is 17.3. The molecule has 1 aliphatic rings. The third kappa shape index (κ3) is 3.17. The molecule has 1 aliphatic heterocycles. The van der Waals surface area contributed by atoms with Gasteiger partial charge >= 0.3 is 5.97 Å². The summed E-state index contributed by atoms with van der Waals surface area (Å²) in [6.07, 6.45) is 3.34. The summed E-state index contributed by atoms with van der Waals surface area (Å²) in [6, 6.07) is 10.4. The predicted octanol–water partition coefficient (Wildman–Crippen LogP) is 5.63. The summed E-state index contributed by atoms with van der Waals surface area (Å²) in [5.74, 6) is -1.53. The largest absolute Gasteiger partial charge is 0.476 e. The molecule has 0 unspecified atom stereocenters. The highest BCUT2D eigenvalue weighted by molar-refractivity contribution is 6.32. The maximum absolute atomic E-state index is 13.7. The number of aromatic carboxylic acids is 1. The van der Waals surface area contributed by atoms with Crippen LogP contribution in [-0.2, 0) is 6.54 Å². The summed E-state index contributed by atoms with van der Waals surface area (Å²) in [4.78, 5) is 24.5. The van der Waals surface area contributed by atoms with Gasteiger partial charge in [0.15, 0.2) is 10.8 Å². The van der Waals surface area contributed by atoms with E-state index in [0.29, 0.717) is 12.2 Å². The molecule has 0 atom stereocenters. The lowest BCUT2D eigenvalue weighted by Crippen LogP contribution is -2.06. The van der Waals surface area contributed by atoms with E-state index in [0.717, 1.165) is 39.0 Å². The summed E-state index contributed by atoms with van der Waals surface area (Å²) in [7, 11) is 0. The summed E-state index contributed by atoms with van der Waals surface area (Å²) in [6.45, 7) is 4.68. The summed E-state index contributed by atoms with van der Waals surface area (Å²) >= 11 is 5.98. The number of carbonyl (C=O) groups is 1. The quantitative estimate of drug-likeness (QED) is 0.438. The number of aromatic nitrogens is 3. The molecular formula is C24H18ClFN4O2. The third-order valence-electron chi connectivity index (χ3n) is 5.58. The Kier molecular flexibility index (Phi) is 4.78. The first-order chi connectivity index (χ1) is 15.3. The smallest absolute Gasteiger partial charge is 0.357 e. The van der Waals surface area contributed by atoms with E-state index in [1.54, 1.807) is 12.1 Å². The van der Waals surface area contributed by atoms with Crippen LogP contribution in [0.4, 0.5) is 4.39 Å². The van der Waals surface area contributed by atoms with Gasteiger partial charge in [-0.3, -0.25) is 4.99 Å². The molecule has 6 nitrogen and oxygen atoms in total. The van der Waals surface area contributed by atoms with Crippen molar-refractivity contribution in [2.75, 3.05) is 0 Å². The third-order valence-corrected chi connectivity index (χ3v) is 5.85. The van der Waals surface area contributed by atoms with E-state index in [1.807, 2.05) is 20.1 Å². The molecule has 2 aromatic carbocycles. The van der Waals surface area contributed by atoms with Crippen LogP contribution in [0.3, 0.4) is 0 Å². The van der Waals surface area contributed by atoms with Crippen LogP contribution in [0.2, 0.25) is 5.15 Å². The molecular weight excluding hydrogens is 431 g/mol. The minimum absolute atomic E-state index is 0.0386. The molecule has 8 heteroatoms. The molecule has 0 spiro atoms. The minimum Gasteiger partial charge on any atom is -0.476 e. The Morgan fingerprint density at radius 2 is 1.97 bits per heavy atom. The number of fused-ring (bicyclic) bond motifs is 2. The fourth-order valence-electron chi connectivity index (χ4n) is 4.23. The van der Waals surface area contributed by atoms with Crippen molar-refractivity contribution >= 4 is 34.7 Å². The number of carboxylic acids is 1. The molecule has 0 saturated heterocycles. The maximum Gasteiger partial charge on any atom is 0.357 e. The van der Waals surface area contributed by atoms with E-state index in [-0.39, 0.29) is 22.6 Å². The number of carboxylic acid groups (broad SMARTS) is 1. The van der Waals surface area contributed by atoms with Gasteiger partial charge in [0.25, 0.3) is 0 Å². The van der Waals surface area contributed by atoms with Crippen molar-refractivity contribution in [3.63, 3.8) is 0 Å². The normalized spacial score (nSPS) is 12.7. The number of aliphatic imine (C=N–C) groups is 1. The topological polar surface area (TPSA) is 80.4 Å². The molecule has 5 rings (SSSR count). The number of hydrogen-bond donors (Lipinski definition) is 1. The Labute approximate surface area is 188 Å². The van der Waals surface area contributed by atoms with Gasteiger partial charge in [-0.25, -0.2) is 19.2 Å². The molecule has 0 fully saturated rings. The summed E-state index contributed by atoms with van der Waals surface area (Å²) in [5, 5.41) is 10.3. The van der Waals surface area contributed by atoms with E-state index in [4.69, 9.17) is 11.6 Å². The van der Waals surface area contributed by atoms with Gasteiger partial charge < -0.3 is 9.67 Å². The van der Waals surface area contributed by atoms with Crippen molar-refractivity contribution in [3.8, 4) is 16.9 Å². The lowest BCUT2D eigenvalue weighted by Gasteiger charge is -2.15.